The first-order valence-corrected chi connectivity index (χ1v) is 9.20. The Kier molecular flexibility index (Phi) is 4.62. The molecule has 0 aromatic carbocycles. The smallest absolute Gasteiger partial charge is 0.218 e. The van der Waals surface area contributed by atoms with E-state index in [0.29, 0.717) is 25.7 Å². The zero-order valence-electron chi connectivity index (χ0n) is 12.0. The van der Waals surface area contributed by atoms with E-state index in [1.807, 2.05) is 0 Å². The fourth-order valence-corrected chi connectivity index (χ4v) is 5.42. The molecule has 0 aromatic rings. The zero-order valence-corrected chi connectivity index (χ0v) is 12.8. The van der Waals surface area contributed by atoms with E-state index in [0.717, 1.165) is 52.1 Å². The highest BCUT2D eigenvalue weighted by atomic mass is 32.2. The van der Waals surface area contributed by atoms with Gasteiger partial charge in [-0.2, -0.15) is 0 Å². The minimum Gasteiger partial charge on any atom is -0.379 e. The Morgan fingerprint density at radius 2 is 1.90 bits per heavy atom. The van der Waals surface area contributed by atoms with Crippen molar-refractivity contribution in [3.05, 3.63) is 0 Å². The Labute approximate surface area is 121 Å². The predicted octanol–water partition coefficient (Wildman–Crippen LogP) is -0.525. The molecule has 3 heterocycles. The van der Waals surface area contributed by atoms with Crippen molar-refractivity contribution in [2.24, 2.45) is 0 Å². The van der Waals surface area contributed by atoms with Crippen LogP contribution in [0.15, 0.2) is 0 Å². The van der Waals surface area contributed by atoms with Crippen molar-refractivity contribution in [2.75, 3.05) is 52.5 Å². The number of nitrogens with one attached hydrogen (secondary N) is 1. The number of hydrogen-bond acceptors (Lipinski definition) is 5. The van der Waals surface area contributed by atoms with Crippen molar-refractivity contribution < 1.29 is 13.2 Å². The van der Waals surface area contributed by atoms with Gasteiger partial charge in [-0.25, -0.2) is 12.7 Å². The standard InChI is InChI=1S/C13H25N3O3S/c17-20(18,13-2-1-4-14-10-13)16-5-3-12(11-16)15-6-8-19-9-7-15/h12-14H,1-11H2. The Morgan fingerprint density at radius 1 is 1.10 bits per heavy atom. The summed E-state index contributed by atoms with van der Waals surface area (Å²) < 4.78 is 32.4. The second-order valence-electron chi connectivity index (χ2n) is 5.96. The lowest BCUT2D eigenvalue weighted by Gasteiger charge is -2.32. The second kappa shape index (κ2) is 6.27. The van der Waals surface area contributed by atoms with Gasteiger partial charge in [-0.1, -0.05) is 0 Å². The third-order valence-corrected chi connectivity index (χ3v) is 7.02. The van der Waals surface area contributed by atoms with Gasteiger partial charge in [0, 0.05) is 38.8 Å². The molecular weight excluding hydrogens is 278 g/mol. The Hall–Kier alpha value is -0.210. The molecule has 0 spiro atoms. The molecule has 2 atom stereocenters. The van der Waals surface area contributed by atoms with Gasteiger partial charge < -0.3 is 10.1 Å². The summed E-state index contributed by atoms with van der Waals surface area (Å²) in [5.41, 5.74) is 0. The van der Waals surface area contributed by atoms with Crippen LogP contribution in [-0.2, 0) is 14.8 Å². The lowest BCUT2D eigenvalue weighted by Crippen LogP contribution is -2.48. The zero-order chi connectivity index (χ0) is 14.0. The van der Waals surface area contributed by atoms with Crippen LogP contribution in [0, 0.1) is 0 Å². The SMILES string of the molecule is O=S(=O)(C1CCCNC1)N1CCC(N2CCOCC2)C1. The maximum absolute atomic E-state index is 12.7. The summed E-state index contributed by atoms with van der Waals surface area (Å²) >= 11 is 0. The Bertz CT molecular complexity index is 417. The molecule has 0 bridgehead atoms. The Balaban J connectivity index is 1.60. The van der Waals surface area contributed by atoms with Crippen LogP contribution in [0.1, 0.15) is 19.3 Å². The second-order valence-corrected chi connectivity index (χ2v) is 8.18. The third-order valence-electron chi connectivity index (χ3n) is 4.72. The highest BCUT2D eigenvalue weighted by molar-refractivity contribution is 7.89. The lowest BCUT2D eigenvalue weighted by atomic mass is 10.2. The highest BCUT2D eigenvalue weighted by Crippen LogP contribution is 2.24. The quantitative estimate of drug-likeness (QED) is 0.760. The summed E-state index contributed by atoms with van der Waals surface area (Å²) in [5, 5.41) is 2.98. The van der Waals surface area contributed by atoms with E-state index in [2.05, 4.69) is 10.2 Å². The minimum absolute atomic E-state index is 0.223. The molecule has 3 saturated heterocycles. The van der Waals surface area contributed by atoms with Gasteiger partial charge in [0.15, 0.2) is 0 Å². The van der Waals surface area contributed by atoms with Crippen molar-refractivity contribution in [3.8, 4) is 0 Å². The van der Waals surface area contributed by atoms with Gasteiger partial charge in [0.2, 0.25) is 10.0 Å². The maximum atomic E-state index is 12.7. The number of sulfonamides is 1. The fourth-order valence-electron chi connectivity index (χ4n) is 3.47. The molecule has 3 aliphatic rings. The van der Waals surface area contributed by atoms with Crippen molar-refractivity contribution in [2.45, 2.75) is 30.6 Å². The average molecular weight is 303 g/mol. The molecule has 3 rings (SSSR count). The van der Waals surface area contributed by atoms with Crippen molar-refractivity contribution in [3.63, 3.8) is 0 Å². The summed E-state index contributed by atoms with van der Waals surface area (Å²) in [6.45, 7) is 6.32. The first-order chi connectivity index (χ1) is 9.68. The molecule has 7 heteroatoms. The molecule has 6 nitrogen and oxygen atoms in total. The van der Waals surface area contributed by atoms with Gasteiger partial charge in [0.1, 0.15) is 0 Å². The monoisotopic (exact) mass is 303 g/mol. The topological polar surface area (TPSA) is 61.9 Å². The highest BCUT2D eigenvalue weighted by Gasteiger charge is 2.39. The third kappa shape index (κ3) is 3.01. The van der Waals surface area contributed by atoms with E-state index in [-0.39, 0.29) is 5.25 Å². The molecule has 0 amide bonds. The molecular formula is C13H25N3O3S. The number of hydrogen-bond donors (Lipinski definition) is 1. The molecule has 3 fully saturated rings. The van der Waals surface area contributed by atoms with E-state index in [9.17, 15) is 8.42 Å². The lowest BCUT2D eigenvalue weighted by molar-refractivity contribution is 0.0196. The van der Waals surface area contributed by atoms with E-state index < -0.39 is 10.0 Å². The van der Waals surface area contributed by atoms with Crippen LogP contribution < -0.4 is 5.32 Å². The summed E-state index contributed by atoms with van der Waals surface area (Å²) in [5.74, 6) is 0. The minimum atomic E-state index is -3.12. The molecule has 20 heavy (non-hydrogen) atoms. The van der Waals surface area contributed by atoms with Crippen LogP contribution in [0.5, 0.6) is 0 Å². The van der Waals surface area contributed by atoms with Crippen molar-refractivity contribution >= 4 is 10.0 Å². The van der Waals surface area contributed by atoms with Crippen LogP contribution in [0.2, 0.25) is 0 Å². The summed E-state index contributed by atoms with van der Waals surface area (Å²) in [4.78, 5) is 2.39. The Morgan fingerprint density at radius 3 is 2.60 bits per heavy atom. The van der Waals surface area contributed by atoms with Gasteiger partial charge in [-0.3, -0.25) is 4.90 Å². The van der Waals surface area contributed by atoms with Gasteiger partial charge in [0.05, 0.1) is 18.5 Å². The number of morpholine rings is 1. The van der Waals surface area contributed by atoms with Crippen molar-refractivity contribution in [1.29, 1.82) is 0 Å². The van der Waals surface area contributed by atoms with E-state index in [1.165, 1.54) is 0 Å². The molecule has 2 unspecified atom stereocenters. The largest absolute Gasteiger partial charge is 0.379 e. The molecule has 0 radical (unpaired) electrons. The number of piperidine rings is 1. The average Bonchev–Trinajstić information content (AvgIpc) is 3.00. The number of nitrogens with zero attached hydrogens (tertiary/aromatic N) is 2. The molecule has 0 aliphatic carbocycles. The molecule has 3 aliphatic heterocycles. The molecule has 0 aromatic heterocycles. The maximum Gasteiger partial charge on any atom is 0.218 e. The first-order valence-electron chi connectivity index (χ1n) is 7.69. The van der Waals surface area contributed by atoms with Crippen LogP contribution in [0.3, 0.4) is 0 Å². The van der Waals surface area contributed by atoms with Crippen LogP contribution in [0.25, 0.3) is 0 Å². The molecule has 0 saturated carbocycles. The summed E-state index contributed by atoms with van der Waals surface area (Å²) in [7, 11) is -3.12. The number of rotatable bonds is 3. The van der Waals surface area contributed by atoms with E-state index >= 15 is 0 Å². The summed E-state index contributed by atoms with van der Waals surface area (Å²) in [6.07, 6.45) is 2.72. The van der Waals surface area contributed by atoms with Gasteiger partial charge in [0.25, 0.3) is 0 Å². The number of ether oxygens (including phenoxy) is 1. The molecule has 116 valence electrons. The normalized spacial score (nSPS) is 34.4. The molecule has 1 N–H and O–H groups in total. The van der Waals surface area contributed by atoms with Crippen LogP contribution >= 0.6 is 0 Å². The van der Waals surface area contributed by atoms with Crippen LogP contribution in [0.4, 0.5) is 0 Å². The van der Waals surface area contributed by atoms with Crippen molar-refractivity contribution in [1.82, 2.24) is 14.5 Å². The van der Waals surface area contributed by atoms with Gasteiger partial charge >= 0.3 is 0 Å². The van der Waals surface area contributed by atoms with Gasteiger partial charge in [-0.05, 0) is 25.8 Å². The van der Waals surface area contributed by atoms with E-state index in [4.69, 9.17) is 4.74 Å². The van der Waals surface area contributed by atoms with Gasteiger partial charge in [-0.15, -0.1) is 0 Å². The van der Waals surface area contributed by atoms with E-state index in [1.54, 1.807) is 4.31 Å². The predicted molar refractivity (Wildman–Crippen MR) is 77.2 cm³/mol. The fraction of sp³-hybridized carbons (Fsp3) is 1.00. The first kappa shape index (κ1) is 14.7. The van der Waals surface area contributed by atoms with Crippen LogP contribution in [-0.4, -0.2) is 81.4 Å². The summed E-state index contributed by atoms with van der Waals surface area (Å²) in [6, 6.07) is 0.380.